The van der Waals surface area contributed by atoms with E-state index in [1.165, 1.54) is 0 Å². The van der Waals surface area contributed by atoms with Crippen molar-refractivity contribution in [2.24, 2.45) is 10.3 Å². The predicted molar refractivity (Wildman–Crippen MR) is 72.7 cm³/mol. The first-order valence-electron chi connectivity index (χ1n) is 6.32. The molecule has 0 bridgehead atoms. The van der Waals surface area contributed by atoms with E-state index in [0.717, 1.165) is 31.2 Å². The first-order valence-corrected chi connectivity index (χ1v) is 6.32. The summed E-state index contributed by atoms with van der Waals surface area (Å²) >= 11 is 0. The summed E-state index contributed by atoms with van der Waals surface area (Å²) in [5, 5.41) is 24.6. The van der Waals surface area contributed by atoms with Gasteiger partial charge in [0.15, 0.2) is 0 Å². The molecule has 0 atom stereocenters. The predicted octanol–water partition coefficient (Wildman–Crippen LogP) is 3.67. The normalized spacial score (nSPS) is 12.7. The van der Waals surface area contributed by atoms with E-state index < -0.39 is 0 Å². The van der Waals surface area contributed by atoms with Crippen LogP contribution in [0, 0.1) is 0 Å². The van der Waals surface area contributed by atoms with Crippen LogP contribution in [-0.4, -0.2) is 21.8 Å². The number of rotatable bonds is 7. The highest BCUT2D eigenvalue weighted by molar-refractivity contribution is 6.48. The minimum absolute atomic E-state index is 0.342. The topological polar surface area (TPSA) is 65.2 Å². The molecule has 1 rings (SSSR count). The summed E-state index contributed by atoms with van der Waals surface area (Å²) in [7, 11) is 0. The third-order valence-electron chi connectivity index (χ3n) is 2.81. The van der Waals surface area contributed by atoms with Gasteiger partial charge >= 0.3 is 0 Å². The Hall–Kier alpha value is -1.84. The minimum Gasteiger partial charge on any atom is -0.411 e. The molecule has 0 saturated carbocycles. The van der Waals surface area contributed by atoms with Crippen LogP contribution in [0.1, 0.15) is 44.6 Å². The lowest BCUT2D eigenvalue weighted by molar-refractivity contribution is 0.313. The highest BCUT2D eigenvalue weighted by atomic mass is 16.4. The Balaban J connectivity index is 2.69. The highest BCUT2D eigenvalue weighted by Gasteiger charge is 2.12. The Morgan fingerprint density at radius 3 is 2.28 bits per heavy atom. The van der Waals surface area contributed by atoms with Crippen molar-refractivity contribution in [3.63, 3.8) is 0 Å². The average Bonchev–Trinajstić information content (AvgIpc) is 2.43. The number of hydrogen-bond donors (Lipinski definition) is 2. The second-order valence-electron chi connectivity index (χ2n) is 4.17. The van der Waals surface area contributed by atoms with Gasteiger partial charge in [0.2, 0.25) is 0 Å². The Morgan fingerprint density at radius 1 is 1.00 bits per heavy atom. The SMILES string of the molecule is CCCCCCC(=N\O)/C(=N\O)c1ccccc1. The van der Waals surface area contributed by atoms with Gasteiger partial charge in [0, 0.05) is 5.56 Å². The molecule has 0 aliphatic heterocycles. The third kappa shape index (κ3) is 4.20. The van der Waals surface area contributed by atoms with Crippen LogP contribution in [0.2, 0.25) is 0 Å². The lowest BCUT2D eigenvalue weighted by Crippen LogP contribution is -2.16. The molecule has 4 nitrogen and oxygen atoms in total. The van der Waals surface area contributed by atoms with Crippen molar-refractivity contribution in [1.82, 2.24) is 0 Å². The maximum atomic E-state index is 9.08. The Kier molecular flexibility index (Phi) is 6.54. The summed E-state index contributed by atoms with van der Waals surface area (Å²) in [5.41, 5.74) is 1.53. The smallest absolute Gasteiger partial charge is 0.134 e. The van der Waals surface area contributed by atoms with Crippen LogP contribution >= 0.6 is 0 Å². The standard InChI is InChI=1S/C14H20N2O2/c1-2-3-4-8-11-13(15-17)14(16-18)12-9-6-5-7-10-12/h5-7,9-10,17-18H,2-4,8,11H2,1H3/b15-13+,16-14-. The van der Waals surface area contributed by atoms with Crippen LogP contribution in [-0.2, 0) is 0 Å². The lowest BCUT2D eigenvalue weighted by atomic mass is 10.0. The summed E-state index contributed by atoms with van der Waals surface area (Å²) in [4.78, 5) is 0. The van der Waals surface area contributed by atoms with Crippen molar-refractivity contribution in [3.05, 3.63) is 35.9 Å². The van der Waals surface area contributed by atoms with E-state index in [0.29, 0.717) is 17.8 Å². The first kappa shape index (κ1) is 14.2. The van der Waals surface area contributed by atoms with E-state index in [4.69, 9.17) is 10.4 Å². The molecule has 2 N–H and O–H groups in total. The second kappa shape index (κ2) is 8.28. The summed E-state index contributed by atoms with van der Waals surface area (Å²) in [5.74, 6) is 0. The zero-order chi connectivity index (χ0) is 13.2. The number of unbranched alkanes of at least 4 members (excludes halogenated alkanes) is 3. The van der Waals surface area contributed by atoms with Crippen molar-refractivity contribution >= 4 is 11.4 Å². The fourth-order valence-electron chi connectivity index (χ4n) is 1.81. The van der Waals surface area contributed by atoms with E-state index in [-0.39, 0.29) is 0 Å². The minimum atomic E-state index is 0.342. The molecule has 0 heterocycles. The number of hydrogen-bond acceptors (Lipinski definition) is 4. The molecule has 0 amide bonds. The average molecular weight is 248 g/mol. The molecule has 0 unspecified atom stereocenters. The maximum absolute atomic E-state index is 9.08. The largest absolute Gasteiger partial charge is 0.411 e. The molecule has 0 saturated heterocycles. The van der Waals surface area contributed by atoms with Crippen molar-refractivity contribution < 1.29 is 10.4 Å². The van der Waals surface area contributed by atoms with Gasteiger partial charge in [-0.05, 0) is 12.8 Å². The fourth-order valence-corrected chi connectivity index (χ4v) is 1.81. The first-order chi connectivity index (χ1) is 8.83. The zero-order valence-corrected chi connectivity index (χ0v) is 10.7. The zero-order valence-electron chi connectivity index (χ0n) is 10.7. The van der Waals surface area contributed by atoms with Crippen LogP contribution in [0.3, 0.4) is 0 Å². The molecule has 18 heavy (non-hydrogen) atoms. The van der Waals surface area contributed by atoms with Crippen LogP contribution in [0.5, 0.6) is 0 Å². The van der Waals surface area contributed by atoms with E-state index in [1.54, 1.807) is 0 Å². The Bertz CT molecular complexity index is 400. The van der Waals surface area contributed by atoms with E-state index >= 15 is 0 Å². The maximum Gasteiger partial charge on any atom is 0.134 e. The van der Waals surface area contributed by atoms with Crippen molar-refractivity contribution in [2.75, 3.05) is 0 Å². The van der Waals surface area contributed by atoms with Crippen molar-refractivity contribution in [3.8, 4) is 0 Å². The van der Waals surface area contributed by atoms with Gasteiger partial charge in [0.1, 0.15) is 11.4 Å². The van der Waals surface area contributed by atoms with Crippen LogP contribution in [0.25, 0.3) is 0 Å². The summed E-state index contributed by atoms with van der Waals surface area (Å²) in [6.07, 6.45) is 4.95. The quantitative estimate of drug-likeness (QED) is 0.334. The molecule has 1 aromatic rings. The van der Waals surface area contributed by atoms with Crippen LogP contribution in [0.4, 0.5) is 0 Å². The van der Waals surface area contributed by atoms with Gasteiger partial charge in [-0.15, -0.1) is 0 Å². The number of oxime groups is 2. The fraction of sp³-hybridized carbons (Fsp3) is 0.429. The Morgan fingerprint density at radius 2 is 1.72 bits per heavy atom. The van der Waals surface area contributed by atoms with Gasteiger partial charge in [0.05, 0.1) is 0 Å². The molecule has 4 heteroatoms. The van der Waals surface area contributed by atoms with Crippen LogP contribution < -0.4 is 0 Å². The number of nitrogens with zero attached hydrogens (tertiary/aromatic N) is 2. The van der Waals surface area contributed by atoms with E-state index in [1.807, 2.05) is 30.3 Å². The van der Waals surface area contributed by atoms with Gasteiger partial charge in [-0.1, -0.05) is 66.8 Å². The molecule has 0 fully saturated rings. The molecule has 0 aliphatic rings. The molecule has 0 radical (unpaired) electrons. The number of benzene rings is 1. The van der Waals surface area contributed by atoms with Crippen molar-refractivity contribution in [1.29, 1.82) is 0 Å². The van der Waals surface area contributed by atoms with Crippen molar-refractivity contribution in [2.45, 2.75) is 39.0 Å². The van der Waals surface area contributed by atoms with Gasteiger partial charge in [0.25, 0.3) is 0 Å². The highest BCUT2D eigenvalue weighted by Crippen LogP contribution is 2.09. The molecule has 98 valence electrons. The van der Waals surface area contributed by atoms with Gasteiger partial charge in [-0.2, -0.15) is 0 Å². The van der Waals surface area contributed by atoms with Gasteiger partial charge < -0.3 is 10.4 Å². The molecule has 0 spiro atoms. The molecule has 0 aromatic heterocycles. The molecule has 0 aliphatic carbocycles. The molecular weight excluding hydrogens is 228 g/mol. The third-order valence-corrected chi connectivity index (χ3v) is 2.81. The van der Waals surface area contributed by atoms with Crippen LogP contribution in [0.15, 0.2) is 40.6 Å². The lowest BCUT2D eigenvalue weighted by Gasteiger charge is -2.06. The molecular formula is C14H20N2O2. The second-order valence-corrected chi connectivity index (χ2v) is 4.17. The van der Waals surface area contributed by atoms with E-state index in [9.17, 15) is 0 Å². The Labute approximate surface area is 108 Å². The summed E-state index contributed by atoms with van der Waals surface area (Å²) in [6, 6.07) is 9.24. The summed E-state index contributed by atoms with van der Waals surface area (Å²) < 4.78 is 0. The van der Waals surface area contributed by atoms with E-state index in [2.05, 4.69) is 17.2 Å². The monoisotopic (exact) mass is 248 g/mol. The molecule has 1 aromatic carbocycles. The van der Waals surface area contributed by atoms with Gasteiger partial charge in [-0.25, -0.2) is 0 Å². The van der Waals surface area contributed by atoms with Gasteiger partial charge in [-0.3, -0.25) is 0 Å². The summed E-state index contributed by atoms with van der Waals surface area (Å²) in [6.45, 7) is 2.14.